The normalized spacial score (nSPS) is 11.6. The van der Waals surface area contributed by atoms with Crippen molar-refractivity contribution in [2.75, 3.05) is 12.3 Å². The Morgan fingerprint density at radius 3 is 2.82 bits per heavy atom. The van der Waals surface area contributed by atoms with E-state index in [2.05, 4.69) is 14.8 Å². The molecule has 1 aromatic rings. The third-order valence-electron chi connectivity index (χ3n) is 1.90. The molecule has 0 saturated heterocycles. The van der Waals surface area contributed by atoms with E-state index in [0.717, 1.165) is 0 Å². The predicted molar refractivity (Wildman–Crippen MR) is 58.7 cm³/mol. The lowest BCUT2D eigenvalue weighted by molar-refractivity contribution is -0.136. The van der Waals surface area contributed by atoms with E-state index >= 15 is 0 Å². The average molecular weight is 262 g/mol. The molecule has 0 unspecified atom stereocenters. The van der Waals surface area contributed by atoms with Crippen LogP contribution in [0.5, 0.6) is 0 Å². The Kier molecular flexibility index (Phi) is 4.58. The third-order valence-corrected chi connectivity index (χ3v) is 3.29. The van der Waals surface area contributed by atoms with Crippen LogP contribution in [-0.2, 0) is 28.3 Å². The molecule has 0 fully saturated rings. The van der Waals surface area contributed by atoms with Crippen molar-refractivity contribution in [3.05, 3.63) is 12.2 Å². The van der Waals surface area contributed by atoms with Gasteiger partial charge in [0.25, 0.3) is 0 Å². The summed E-state index contributed by atoms with van der Waals surface area (Å²) in [5, 5.41) is 12.3. The van der Waals surface area contributed by atoms with Crippen LogP contribution in [0.25, 0.3) is 0 Å². The van der Waals surface area contributed by atoms with Crippen molar-refractivity contribution in [2.45, 2.75) is 12.8 Å². The lowest BCUT2D eigenvalue weighted by Gasteiger charge is -2.03. The average Bonchev–Trinajstić information content (AvgIpc) is 2.61. The molecule has 17 heavy (non-hydrogen) atoms. The van der Waals surface area contributed by atoms with E-state index in [-0.39, 0.29) is 6.54 Å². The summed E-state index contributed by atoms with van der Waals surface area (Å²) in [5.74, 6) is -1.02. The van der Waals surface area contributed by atoms with Gasteiger partial charge in [0.05, 0.1) is 12.2 Å². The first-order valence-electron chi connectivity index (χ1n) is 4.93. The fourth-order valence-electron chi connectivity index (χ4n) is 1.11. The molecule has 9 heteroatoms. The fraction of sp³-hybridized carbons (Fsp3) is 0.625. The van der Waals surface area contributed by atoms with Crippen LogP contribution in [0.3, 0.4) is 0 Å². The van der Waals surface area contributed by atoms with Gasteiger partial charge < -0.3 is 5.11 Å². The van der Waals surface area contributed by atoms with Gasteiger partial charge in [-0.3, -0.25) is 9.48 Å². The van der Waals surface area contributed by atoms with Gasteiger partial charge in [0.15, 0.2) is 5.82 Å². The molecule has 2 N–H and O–H groups in total. The molecule has 1 rings (SSSR count). The summed E-state index contributed by atoms with van der Waals surface area (Å²) in [6.45, 7) is 0.159. The molecule has 0 aliphatic rings. The molecule has 0 saturated carbocycles. The molecule has 0 amide bonds. The number of aliphatic carboxylic acids is 1. The smallest absolute Gasteiger partial charge is 0.304 e. The highest BCUT2D eigenvalue weighted by atomic mass is 32.2. The lowest BCUT2D eigenvalue weighted by atomic mass is 10.4. The van der Waals surface area contributed by atoms with E-state index in [1.165, 1.54) is 11.0 Å². The summed E-state index contributed by atoms with van der Waals surface area (Å²) in [7, 11) is -1.82. The second kappa shape index (κ2) is 5.73. The number of sulfonamides is 1. The Balaban J connectivity index is 2.32. The number of aromatic nitrogens is 3. The number of aryl methyl sites for hydroxylation is 1. The number of nitrogens with one attached hydrogen (secondary N) is 1. The molecule has 0 radical (unpaired) electrons. The molecule has 0 aliphatic carbocycles. The van der Waals surface area contributed by atoms with Crippen molar-refractivity contribution >= 4 is 16.0 Å². The number of hydrogen-bond acceptors (Lipinski definition) is 5. The van der Waals surface area contributed by atoms with E-state index in [1.807, 2.05) is 0 Å². The second-order valence-corrected chi connectivity index (χ2v) is 5.37. The molecule has 0 spiro atoms. The minimum atomic E-state index is -3.53. The summed E-state index contributed by atoms with van der Waals surface area (Å²) in [6, 6.07) is 0. The van der Waals surface area contributed by atoms with Gasteiger partial charge in [-0.15, -0.1) is 0 Å². The highest BCUT2D eigenvalue weighted by molar-refractivity contribution is 7.89. The van der Waals surface area contributed by atoms with E-state index in [9.17, 15) is 13.2 Å². The minimum Gasteiger partial charge on any atom is -0.481 e. The van der Waals surface area contributed by atoms with Gasteiger partial charge in [0, 0.05) is 20.0 Å². The molecule has 96 valence electrons. The van der Waals surface area contributed by atoms with Gasteiger partial charge in [0.2, 0.25) is 10.0 Å². The Hall–Kier alpha value is -1.48. The van der Waals surface area contributed by atoms with Crippen molar-refractivity contribution < 1.29 is 18.3 Å². The monoisotopic (exact) mass is 262 g/mol. The number of hydrogen-bond donors (Lipinski definition) is 2. The van der Waals surface area contributed by atoms with Crippen LogP contribution >= 0.6 is 0 Å². The molecule has 8 nitrogen and oxygen atoms in total. The highest BCUT2D eigenvalue weighted by Gasteiger charge is 2.12. The maximum absolute atomic E-state index is 11.3. The van der Waals surface area contributed by atoms with Gasteiger partial charge in [-0.2, -0.15) is 5.10 Å². The molecule has 0 bridgehead atoms. The first-order chi connectivity index (χ1) is 7.89. The number of rotatable bonds is 7. The van der Waals surface area contributed by atoms with Crippen LogP contribution in [-0.4, -0.2) is 46.6 Å². The van der Waals surface area contributed by atoms with Crippen LogP contribution < -0.4 is 4.72 Å². The summed E-state index contributed by atoms with van der Waals surface area (Å²) >= 11 is 0. The standard InChI is InChI=1S/C8H14N4O4S/c1-12-6-9-7(11-12)2-4-10-17(15,16)5-3-8(13)14/h6,10H,2-5H2,1H3,(H,13,14). The molecule has 0 atom stereocenters. The zero-order valence-electron chi connectivity index (χ0n) is 9.33. The number of nitrogens with zero attached hydrogens (tertiary/aromatic N) is 3. The maximum Gasteiger partial charge on any atom is 0.304 e. The maximum atomic E-state index is 11.3. The Morgan fingerprint density at radius 1 is 1.59 bits per heavy atom. The zero-order valence-corrected chi connectivity index (χ0v) is 10.1. The van der Waals surface area contributed by atoms with Crippen molar-refractivity contribution in [1.29, 1.82) is 0 Å². The lowest BCUT2D eigenvalue weighted by Crippen LogP contribution is -2.29. The van der Waals surface area contributed by atoms with Gasteiger partial charge in [0.1, 0.15) is 6.33 Å². The highest BCUT2D eigenvalue weighted by Crippen LogP contribution is 1.92. The molecule has 1 heterocycles. The first kappa shape index (κ1) is 13.6. The molecule has 1 aromatic heterocycles. The second-order valence-electron chi connectivity index (χ2n) is 3.44. The quantitative estimate of drug-likeness (QED) is 0.634. The Bertz CT molecular complexity index is 481. The Morgan fingerprint density at radius 2 is 2.29 bits per heavy atom. The van der Waals surface area contributed by atoms with Gasteiger partial charge in [-0.05, 0) is 0 Å². The van der Waals surface area contributed by atoms with Crippen molar-refractivity contribution in [3.8, 4) is 0 Å². The van der Waals surface area contributed by atoms with E-state index in [1.54, 1.807) is 7.05 Å². The summed E-state index contributed by atoms with van der Waals surface area (Å²) < 4.78 is 26.4. The van der Waals surface area contributed by atoms with Gasteiger partial charge in [-0.1, -0.05) is 0 Å². The van der Waals surface area contributed by atoms with E-state index in [0.29, 0.717) is 12.2 Å². The van der Waals surface area contributed by atoms with Crippen LogP contribution in [0.15, 0.2) is 6.33 Å². The van der Waals surface area contributed by atoms with Crippen LogP contribution in [0.4, 0.5) is 0 Å². The number of carboxylic acid groups (broad SMARTS) is 1. The molecular weight excluding hydrogens is 248 g/mol. The molecular formula is C8H14N4O4S. The predicted octanol–water partition coefficient (Wildman–Crippen LogP) is -1.25. The van der Waals surface area contributed by atoms with Crippen LogP contribution in [0.2, 0.25) is 0 Å². The topological polar surface area (TPSA) is 114 Å². The van der Waals surface area contributed by atoms with E-state index < -0.39 is 28.2 Å². The largest absolute Gasteiger partial charge is 0.481 e. The van der Waals surface area contributed by atoms with Gasteiger partial charge >= 0.3 is 5.97 Å². The van der Waals surface area contributed by atoms with Crippen LogP contribution in [0, 0.1) is 0 Å². The number of carboxylic acids is 1. The zero-order chi connectivity index (χ0) is 12.9. The minimum absolute atomic E-state index is 0.159. The van der Waals surface area contributed by atoms with E-state index in [4.69, 9.17) is 5.11 Å². The third kappa shape index (κ3) is 5.41. The summed E-state index contributed by atoms with van der Waals surface area (Å²) in [6.07, 6.45) is 1.48. The van der Waals surface area contributed by atoms with Gasteiger partial charge in [-0.25, -0.2) is 18.1 Å². The van der Waals surface area contributed by atoms with Crippen LogP contribution in [0.1, 0.15) is 12.2 Å². The fourth-order valence-corrected chi connectivity index (χ4v) is 2.11. The number of carbonyl (C=O) groups is 1. The first-order valence-corrected chi connectivity index (χ1v) is 6.58. The van der Waals surface area contributed by atoms with Crippen molar-refractivity contribution in [1.82, 2.24) is 19.5 Å². The summed E-state index contributed by atoms with van der Waals surface area (Å²) in [5.41, 5.74) is 0. The Labute approximate surface area is 98.7 Å². The van der Waals surface area contributed by atoms with Crippen molar-refractivity contribution in [3.63, 3.8) is 0 Å². The molecule has 0 aromatic carbocycles. The molecule has 0 aliphatic heterocycles. The van der Waals surface area contributed by atoms with Crippen molar-refractivity contribution in [2.24, 2.45) is 7.05 Å². The SMILES string of the molecule is Cn1cnc(CCNS(=O)(=O)CCC(=O)O)n1. The summed E-state index contributed by atoms with van der Waals surface area (Å²) in [4.78, 5) is 14.2.